The van der Waals surface area contributed by atoms with Crippen molar-refractivity contribution < 1.29 is 4.79 Å². The third-order valence-corrected chi connectivity index (χ3v) is 2.49. The van der Waals surface area contributed by atoms with Crippen LogP contribution in [0.4, 0.5) is 0 Å². The summed E-state index contributed by atoms with van der Waals surface area (Å²) in [5.41, 5.74) is 7.04. The minimum atomic E-state index is -0.654. The van der Waals surface area contributed by atoms with Gasteiger partial charge in [-0.3, -0.25) is 9.48 Å². The number of nitrogens with zero attached hydrogens (tertiary/aromatic N) is 6. The fourth-order valence-electron chi connectivity index (χ4n) is 1.69. The molecule has 0 spiro atoms. The van der Waals surface area contributed by atoms with Crippen LogP contribution in [-0.2, 0) is 7.05 Å². The van der Waals surface area contributed by atoms with Gasteiger partial charge in [0.05, 0.1) is 18.1 Å². The maximum atomic E-state index is 11.2. The summed E-state index contributed by atoms with van der Waals surface area (Å²) in [6, 6.07) is 0. The molecule has 0 aliphatic carbocycles. The van der Waals surface area contributed by atoms with Crippen LogP contribution in [0.1, 0.15) is 10.5 Å². The van der Waals surface area contributed by atoms with E-state index >= 15 is 0 Å². The Hall–Kier alpha value is -2.77. The van der Waals surface area contributed by atoms with Crippen LogP contribution in [0, 0.1) is 6.33 Å². The highest BCUT2D eigenvalue weighted by atomic mass is 16.1. The summed E-state index contributed by atoms with van der Waals surface area (Å²) in [5, 5.41) is 8.01. The Morgan fingerprint density at radius 1 is 1.44 bits per heavy atom. The van der Waals surface area contributed by atoms with Crippen molar-refractivity contribution in [2.75, 3.05) is 0 Å². The zero-order valence-electron chi connectivity index (χ0n) is 9.40. The smallest absolute Gasteiger partial charge is 0.271 e. The Morgan fingerprint density at radius 2 is 2.28 bits per heavy atom. The molecular weight excluding hydrogens is 234 g/mol. The molecule has 0 saturated carbocycles. The van der Waals surface area contributed by atoms with Crippen molar-refractivity contribution in [3.05, 3.63) is 30.6 Å². The van der Waals surface area contributed by atoms with Gasteiger partial charge in [0.1, 0.15) is 0 Å². The number of fused-ring (bicyclic) bond motifs is 1. The third kappa shape index (κ3) is 1.43. The molecule has 0 aliphatic heterocycles. The van der Waals surface area contributed by atoms with Crippen LogP contribution in [-0.4, -0.2) is 35.3 Å². The Morgan fingerprint density at radius 3 is 2.94 bits per heavy atom. The van der Waals surface area contributed by atoms with E-state index in [2.05, 4.69) is 26.5 Å². The van der Waals surface area contributed by atoms with E-state index in [0.717, 1.165) is 5.56 Å². The molecule has 3 heterocycles. The number of hydrogen-bond donors (Lipinski definition) is 1. The fraction of sp³-hybridized carbons (Fsp3) is 0.100. The zero-order chi connectivity index (χ0) is 12.7. The van der Waals surface area contributed by atoms with E-state index < -0.39 is 5.91 Å². The molecular formula is C10H8N7O. The molecule has 0 unspecified atom stereocenters. The average molecular weight is 242 g/mol. The molecule has 18 heavy (non-hydrogen) atoms. The predicted octanol–water partition coefficient (Wildman–Crippen LogP) is -0.576. The number of amides is 1. The summed E-state index contributed by atoms with van der Waals surface area (Å²) in [6.07, 6.45) is 7.42. The maximum Gasteiger partial charge on any atom is 0.271 e. The van der Waals surface area contributed by atoms with E-state index in [0.29, 0.717) is 5.69 Å². The summed E-state index contributed by atoms with van der Waals surface area (Å²) >= 11 is 0. The van der Waals surface area contributed by atoms with E-state index in [1.54, 1.807) is 17.9 Å². The Balaban J connectivity index is 2.29. The average Bonchev–Trinajstić information content (AvgIpc) is 2.95. The first kappa shape index (κ1) is 10.4. The van der Waals surface area contributed by atoms with Crippen molar-refractivity contribution in [1.29, 1.82) is 0 Å². The third-order valence-electron chi connectivity index (χ3n) is 2.49. The molecule has 1 amide bonds. The fourth-order valence-corrected chi connectivity index (χ4v) is 1.69. The predicted molar refractivity (Wildman–Crippen MR) is 60.3 cm³/mol. The summed E-state index contributed by atoms with van der Waals surface area (Å²) in [7, 11) is 1.80. The summed E-state index contributed by atoms with van der Waals surface area (Å²) in [5.74, 6) is -0.654. The topological polar surface area (TPSA) is 104 Å². The Kier molecular flexibility index (Phi) is 2.09. The van der Waals surface area contributed by atoms with Crippen molar-refractivity contribution in [3.8, 4) is 11.3 Å². The second-order valence-corrected chi connectivity index (χ2v) is 3.71. The largest absolute Gasteiger partial charge is 0.364 e. The molecule has 8 nitrogen and oxygen atoms in total. The number of carbonyl (C=O) groups is 1. The van der Waals surface area contributed by atoms with Crippen LogP contribution < -0.4 is 5.73 Å². The number of aromatic nitrogens is 6. The van der Waals surface area contributed by atoms with Gasteiger partial charge in [-0.2, -0.15) is 5.10 Å². The normalized spacial score (nSPS) is 10.9. The number of carbonyl (C=O) groups excluding carboxylic acids is 1. The highest BCUT2D eigenvalue weighted by molar-refractivity contribution is 5.96. The Labute approximate surface area is 101 Å². The number of aryl methyl sites for hydroxylation is 1. The van der Waals surface area contributed by atoms with Gasteiger partial charge in [0.15, 0.2) is 11.3 Å². The maximum absolute atomic E-state index is 11.2. The molecule has 8 heteroatoms. The van der Waals surface area contributed by atoms with Crippen molar-refractivity contribution in [3.63, 3.8) is 0 Å². The summed E-state index contributed by atoms with van der Waals surface area (Å²) in [4.78, 5) is 19.1. The van der Waals surface area contributed by atoms with E-state index in [4.69, 9.17) is 5.73 Å². The molecule has 0 saturated heterocycles. The highest BCUT2D eigenvalue weighted by Crippen LogP contribution is 2.18. The molecule has 3 rings (SSSR count). The van der Waals surface area contributed by atoms with Gasteiger partial charge in [-0.05, 0) is 0 Å². The Bertz CT molecular complexity index is 742. The van der Waals surface area contributed by atoms with Gasteiger partial charge in [-0.1, -0.05) is 0 Å². The monoisotopic (exact) mass is 242 g/mol. The van der Waals surface area contributed by atoms with Crippen LogP contribution in [0.15, 0.2) is 18.6 Å². The van der Waals surface area contributed by atoms with Gasteiger partial charge < -0.3 is 5.73 Å². The quantitative estimate of drug-likeness (QED) is 0.647. The molecule has 3 aromatic heterocycles. The van der Waals surface area contributed by atoms with Crippen LogP contribution in [0.25, 0.3) is 16.9 Å². The van der Waals surface area contributed by atoms with Gasteiger partial charge in [-0.15, -0.1) is 5.10 Å². The van der Waals surface area contributed by atoms with Crippen LogP contribution in [0.3, 0.4) is 0 Å². The minimum Gasteiger partial charge on any atom is -0.364 e. The second kappa shape index (κ2) is 3.62. The van der Waals surface area contributed by atoms with Gasteiger partial charge in [0.2, 0.25) is 6.33 Å². The minimum absolute atomic E-state index is 0.0661. The zero-order valence-corrected chi connectivity index (χ0v) is 9.40. The van der Waals surface area contributed by atoms with Crippen molar-refractivity contribution >= 4 is 11.6 Å². The lowest BCUT2D eigenvalue weighted by atomic mass is 10.2. The first-order chi connectivity index (χ1) is 8.66. The second-order valence-electron chi connectivity index (χ2n) is 3.71. The highest BCUT2D eigenvalue weighted by Gasteiger charge is 2.15. The molecule has 0 bridgehead atoms. The number of rotatable bonds is 2. The lowest BCUT2D eigenvalue weighted by Crippen LogP contribution is -2.15. The SMILES string of the molecule is Cn1cc(-c2cnc(C(N)=O)c3n[c]nn23)cn1. The molecule has 3 aromatic rings. The van der Waals surface area contributed by atoms with E-state index in [9.17, 15) is 4.79 Å². The number of nitrogens with two attached hydrogens (primary N) is 1. The molecule has 0 fully saturated rings. The van der Waals surface area contributed by atoms with Crippen molar-refractivity contribution in [1.82, 2.24) is 29.4 Å². The molecule has 0 aliphatic rings. The first-order valence-corrected chi connectivity index (χ1v) is 5.07. The number of hydrogen-bond acceptors (Lipinski definition) is 5. The van der Waals surface area contributed by atoms with Gasteiger partial charge in [-0.25, -0.2) is 14.5 Å². The van der Waals surface area contributed by atoms with Crippen LogP contribution in [0.5, 0.6) is 0 Å². The van der Waals surface area contributed by atoms with E-state index in [1.807, 2.05) is 6.20 Å². The van der Waals surface area contributed by atoms with Crippen LogP contribution in [0.2, 0.25) is 0 Å². The summed E-state index contributed by atoms with van der Waals surface area (Å²) in [6.45, 7) is 0. The number of primary amides is 1. The molecule has 1 radical (unpaired) electrons. The molecule has 0 aromatic carbocycles. The summed E-state index contributed by atoms with van der Waals surface area (Å²) < 4.78 is 3.12. The molecule has 0 atom stereocenters. The van der Waals surface area contributed by atoms with Crippen molar-refractivity contribution in [2.45, 2.75) is 0 Å². The van der Waals surface area contributed by atoms with Crippen LogP contribution >= 0.6 is 0 Å². The van der Waals surface area contributed by atoms with E-state index in [1.165, 1.54) is 10.7 Å². The first-order valence-electron chi connectivity index (χ1n) is 5.07. The van der Waals surface area contributed by atoms with Gasteiger partial charge in [0, 0.05) is 18.8 Å². The molecule has 89 valence electrons. The van der Waals surface area contributed by atoms with Gasteiger partial charge >= 0.3 is 0 Å². The van der Waals surface area contributed by atoms with E-state index in [-0.39, 0.29) is 11.3 Å². The lowest BCUT2D eigenvalue weighted by Gasteiger charge is -2.02. The lowest BCUT2D eigenvalue weighted by molar-refractivity contribution is 0.0996. The van der Waals surface area contributed by atoms with Gasteiger partial charge in [0.25, 0.3) is 5.91 Å². The molecule has 2 N–H and O–H groups in total. The standard InChI is InChI=1S/C10H8N7O/c1-16-4-6(2-14-16)7-3-12-8(9(11)18)10-13-5-15-17(7)10/h2-4H,1H3,(H2,11,18). The van der Waals surface area contributed by atoms with Crippen molar-refractivity contribution in [2.24, 2.45) is 12.8 Å².